The summed E-state index contributed by atoms with van der Waals surface area (Å²) < 4.78 is 0.870. The first kappa shape index (κ1) is 11.9. The number of amides is 2. The van der Waals surface area contributed by atoms with Gasteiger partial charge in [0.15, 0.2) is 0 Å². The van der Waals surface area contributed by atoms with E-state index in [0.717, 1.165) is 10.0 Å². The third-order valence-corrected chi connectivity index (χ3v) is 3.10. The first-order chi connectivity index (χ1) is 8.08. The maximum Gasteiger partial charge on any atom is 0.404 e. The molecular formula is C11H11BrN2O3. The van der Waals surface area contributed by atoms with Crippen molar-refractivity contribution in [3.8, 4) is 0 Å². The van der Waals surface area contributed by atoms with E-state index in [2.05, 4.69) is 21.2 Å². The molecule has 1 aliphatic rings. The Hall–Kier alpha value is -1.56. The quantitative estimate of drug-likeness (QED) is 0.892. The van der Waals surface area contributed by atoms with E-state index in [9.17, 15) is 9.59 Å². The number of halogens is 1. The van der Waals surface area contributed by atoms with Gasteiger partial charge < -0.3 is 15.3 Å². The number of carbonyl (C=O) groups excluding carboxylic acids is 1. The van der Waals surface area contributed by atoms with Crippen molar-refractivity contribution >= 4 is 27.9 Å². The van der Waals surface area contributed by atoms with Crippen molar-refractivity contribution in [2.45, 2.75) is 6.54 Å². The van der Waals surface area contributed by atoms with E-state index < -0.39 is 6.09 Å². The smallest absolute Gasteiger partial charge is 0.404 e. The zero-order valence-electron chi connectivity index (χ0n) is 8.94. The summed E-state index contributed by atoms with van der Waals surface area (Å²) >= 11 is 3.32. The minimum atomic E-state index is -1.07. The van der Waals surface area contributed by atoms with Crippen LogP contribution in [-0.2, 0) is 6.54 Å². The third kappa shape index (κ3) is 2.58. The molecule has 0 aliphatic carbocycles. The van der Waals surface area contributed by atoms with E-state index >= 15 is 0 Å². The Labute approximate surface area is 107 Å². The van der Waals surface area contributed by atoms with Crippen LogP contribution >= 0.6 is 15.9 Å². The highest BCUT2D eigenvalue weighted by Gasteiger charge is 2.26. The maximum absolute atomic E-state index is 12.0. The molecule has 0 radical (unpaired) electrons. The molecule has 1 aliphatic heterocycles. The molecule has 5 nitrogen and oxygen atoms in total. The predicted molar refractivity (Wildman–Crippen MR) is 64.9 cm³/mol. The van der Waals surface area contributed by atoms with Crippen molar-refractivity contribution in [1.29, 1.82) is 0 Å². The van der Waals surface area contributed by atoms with Crippen molar-refractivity contribution in [2.75, 3.05) is 13.1 Å². The molecule has 0 saturated carbocycles. The van der Waals surface area contributed by atoms with Crippen LogP contribution in [0.3, 0.4) is 0 Å². The van der Waals surface area contributed by atoms with Crippen LogP contribution in [0.25, 0.3) is 0 Å². The average molecular weight is 299 g/mol. The zero-order valence-corrected chi connectivity index (χ0v) is 10.5. The molecule has 0 spiro atoms. The van der Waals surface area contributed by atoms with E-state index in [1.807, 2.05) is 12.1 Å². The number of carboxylic acid groups (broad SMARTS) is 1. The Morgan fingerprint density at radius 3 is 3.00 bits per heavy atom. The minimum Gasteiger partial charge on any atom is -0.465 e. The summed E-state index contributed by atoms with van der Waals surface area (Å²) in [7, 11) is 0. The van der Waals surface area contributed by atoms with Crippen molar-refractivity contribution < 1.29 is 14.7 Å². The van der Waals surface area contributed by atoms with Crippen LogP contribution in [0.5, 0.6) is 0 Å². The second-order valence-corrected chi connectivity index (χ2v) is 4.68. The summed E-state index contributed by atoms with van der Waals surface area (Å²) in [6.07, 6.45) is -1.07. The van der Waals surface area contributed by atoms with Gasteiger partial charge in [0.05, 0.1) is 0 Å². The van der Waals surface area contributed by atoms with E-state index in [-0.39, 0.29) is 12.5 Å². The largest absolute Gasteiger partial charge is 0.465 e. The highest BCUT2D eigenvalue weighted by Crippen LogP contribution is 2.25. The van der Waals surface area contributed by atoms with E-state index in [1.165, 1.54) is 0 Å². The Morgan fingerprint density at radius 1 is 1.53 bits per heavy atom. The van der Waals surface area contributed by atoms with Crippen LogP contribution < -0.4 is 5.32 Å². The molecule has 2 amide bonds. The SMILES string of the molecule is O=C(O)NCCN1Cc2ccc(Br)cc2C1=O. The summed E-state index contributed by atoms with van der Waals surface area (Å²) in [5.41, 5.74) is 1.67. The van der Waals surface area contributed by atoms with Crippen LogP contribution in [0.2, 0.25) is 0 Å². The van der Waals surface area contributed by atoms with Gasteiger partial charge in [0.2, 0.25) is 0 Å². The first-order valence-electron chi connectivity index (χ1n) is 5.12. The van der Waals surface area contributed by atoms with Gasteiger partial charge in [-0.15, -0.1) is 0 Å². The fourth-order valence-electron chi connectivity index (χ4n) is 1.81. The molecule has 0 fully saturated rings. The summed E-state index contributed by atoms with van der Waals surface area (Å²) in [6, 6.07) is 5.59. The normalized spacial score (nSPS) is 13.7. The summed E-state index contributed by atoms with van der Waals surface area (Å²) in [6.45, 7) is 1.18. The molecule has 0 bridgehead atoms. The molecule has 0 saturated heterocycles. The van der Waals surface area contributed by atoms with Gasteiger partial charge >= 0.3 is 6.09 Å². The van der Waals surface area contributed by atoms with E-state index in [0.29, 0.717) is 18.7 Å². The Bertz CT molecular complexity index is 476. The van der Waals surface area contributed by atoms with Gasteiger partial charge in [0.25, 0.3) is 5.91 Å². The third-order valence-electron chi connectivity index (χ3n) is 2.61. The van der Waals surface area contributed by atoms with Crippen LogP contribution in [0.4, 0.5) is 4.79 Å². The summed E-state index contributed by atoms with van der Waals surface area (Å²) in [5.74, 6) is -0.0477. The Balaban J connectivity index is 2.02. The van der Waals surface area contributed by atoms with Crippen LogP contribution in [0.15, 0.2) is 22.7 Å². The first-order valence-corrected chi connectivity index (χ1v) is 5.92. The maximum atomic E-state index is 12.0. The number of carbonyl (C=O) groups is 2. The lowest BCUT2D eigenvalue weighted by atomic mass is 10.1. The predicted octanol–water partition coefficient (Wildman–Crippen LogP) is 1.67. The molecule has 2 rings (SSSR count). The Morgan fingerprint density at radius 2 is 2.29 bits per heavy atom. The lowest BCUT2D eigenvalue weighted by Crippen LogP contribution is -2.34. The number of nitrogens with zero attached hydrogens (tertiary/aromatic N) is 1. The van der Waals surface area contributed by atoms with Crippen LogP contribution in [0, 0.1) is 0 Å². The van der Waals surface area contributed by atoms with Crippen LogP contribution in [-0.4, -0.2) is 35.1 Å². The summed E-state index contributed by atoms with van der Waals surface area (Å²) in [4.78, 5) is 23.9. The Kier molecular flexibility index (Phi) is 3.33. The van der Waals surface area contributed by atoms with Crippen molar-refractivity contribution in [3.05, 3.63) is 33.8 Å². The van der Waals surface area contributed by atoms with Gasteiger partial charge in [-0.05, 0) is 17.7 Å². The molecule has 1 aromatic rings. The molecule has 17 heavy (non-hydrogen) atoms. The van der Waals surface area contributed by atoms with Gasteiger partial charge in [-0.3, -0.25) is 4.79 Å². The molecule has 0 atom stereocenters. The second-order valence-electron chi connectivity index (χ2n) is 3.76. The molecule has 1 aromatic carbocycles. The highest BCUT2D eigenvalue weighted by molar-refractivity contribution is 9.10. The molecule has 2 N–H and O–H groups in total. The molecular weight excluding hydrogens is 288 g/mol. The topological polar surface area (TPSA) is 69.6 Å². The number of hydrogen-bond donors (Lipinski definition) is 2. The standard InChI is InChI=1S/C11H11BrN2O3/c12-8-2-1-7-6-14(4-3-13-11(16)17)10(15)9(7)5-8/h1-2,5,13H,3-4,6H2,(H,16,17). The van der Waals surface area contributed by atoms with Gasteiger partial charge in [-0.1, -0.05) is 22.0 Å². The molecule has 90 valence electrons. The number of rotatable bonds is 3. The minimum absolute atomic E-state index is 0.0477. The molecule has 6 heteroatoms. The fraction of sp³-hybridized carbons (Fsp3) is 0.273. The van der Waals surface area contributed by atoms with Crippen LogP contribution in [0.1, 0.15) is 15.9 Å². The number of benzene rings is 1. The fourth-order valence-corrected chi connectivity index (χ4v) is 2.17. The van der Waals surface area contributed by atoms with Crippen molar-refractivity contribution in [2.24, 2.45) is 0 Å². The lowest BCUT2D eigenvalue weighted by Gasteiger charge is -2.14. The van der Waals surface area contributed by atoms with Gasteiger partial charge in [0, 0.05) is 29.7 Å². The molecule has 0 unspecified atom stereocenters. The van der Waals surface area contributed by atoms with Gasteiger partial charge in [-0.2, -0.15) is 0 Å². The lowest BCUT2D eigenvalue weighted by molar-refractivity contribution is 0.0778. The highest BCUT2D eigenvalue weighted by atomic mass is 79.9. The van der Waals surface area contributed by atoms with E-state index in [1.54, 1.807) is 11.0 Å². The van der Waals surface area contributed by atoms with Crippen molar-refractivity contribution in [1.82, 2.24) is 10.2 Å². The van der Waals surface area contributed by atoms with Gasteiger partial charge in [-0.25, -0.2) is 4.79 Å². The molecule has 1 heterocycles. The monoisotopic (exact) mass is 298 g/mol. The zero-order chi connectivity index (χ0) is 12.4. The second kappa shape index (κ2) is 4.75. The van der Waals surface area contributed by atoms with Crippen molar-refractivity contribution in [3.63, 3.8) is 0 Å². The number of fused-ring (bicyclic) bond motifs is 1. The number of nitrogens with one attached hydrogen (secondary N) is 1. The number of hydrogen-bond acceptors (Lipinski definition) is 2. The molecule has 0 aromatic heterocycles. The van der Waals surface area contributed by atoms with E-state index in [4.69, 9.17) is 5.11 Å². The van der Waals surface area contributed by atoms with Gasteiger partial charge in [0.1, 0.15) is 0 Å². The average Bonchev–Trinajstić information content (AvgIpc) is 2.56. The summed E-state index contributed by atoms with van der Waals surface area (Å²) in [5, 5.41) is 10.7.